The van der Waals surface area contributed by atoms with E-state index in [9.17, 15) is 9.59 Å². The molecule has 1 N–H and O–H groups in total. The van der Waals surface area contributed by atoms with Crippen LogP contribution in [0.25, 0.3) is 0 Å². The zero-order valence-electron chi connectivity index (χ0n) is 13.9. The van der Waals surface area contributed by atoms with Crippen LogP contribution in [-0.2, 0) is 11.2 Å². The number of hydrogen-bond donors (Lipinski definition) is 1. The Hall–Kier alpha value is -3.47. The van der Waals surface area contributed by atoms with Gasteiger partial charge in [0, 0.05) is 18.2 Å². The molecule has 26 heavy (non-hydrogen) atoms. The zero-order chi connectivity index (χ0) is 17.9. The molecule has 1 aromatic heterocycles. The van der Waals surface area contributed by atoms with Crippen molar-refractivity contribution in [3.8, 4) is 0 Å². The number of ether oxygens (including phenoxy) is 1. The van der Waals surface area contributed by atoms with Crippen LogP contribution >= 0.6 is 0 Å². The fourth-order valence-electron chi connectivity index (χ4n) is 3.02. The summed E-state index contributed by atoms with van der Waals surface area (Å²) in [5.41, 5.74) is 2.74. The molecule has 1 atom stereocenters. The lowest BCUT2D eigenvalue weighted by Crippen LogP contribution is -2.23. The van der Waals surface area contributed by atoms with Gasteiger partial charge in [-0.1, -0.05) is 36.4 Å². The fourth-order valence-corrected chi connectivity index (χ4v) is 3.02. The minimum Gasteiger partial charge on any atom is -0.454 e. The third-order valence-electron chi connectivity index (χ3n) is 4.32. The van der Waals surface area contributed by atoms with E-state index in [0.29, 0.717) is 23.4 Å². The number of fused-ring (bicyclic) bond motifs is 1. The number of carbonyl (C=O) groups excluding carboxylic acids is 2. The van der Waals surface area contributed by atoms with Crippen LogP contribution in [0.3, 0.4) is 0 Å². The first-order valence-corrected chi connectivity index (χ1v) is 8.32. The summed E-state index contributed by atoms with van der Waals surface area (Å²) >= 11 is 0. The van der Waals surface area contributed by atoms with Gasteiger partial charge in [-0.2, -0.15) is 0 Å². The van der Waals surface area contributed by atoms with E-state index in [1.165, 1.54) is 0 Å². The molecule has 0 aliphatic carbocycles. The number of benzene rings is 2. The smallest absolute Gasteiger partial charge is 0.339 e. The lowest BCUT2D eigenvalue weighted by atomic mass is 9.93. The molecule has 0 radical (unpaired) electrons. The van der Waals surface area contributed by atoms with Gasteiger partial charge in [-0.25, -0.2) is 9.78 Å². The molecule has 2 aromatic carbocycles. The van der Waals surface area contributed by atoms with Gasteiger partial charge in [0.05, 0.1) is 5.56 Å². The number of amides is 1. The van der Waals surface area contributed by atoms with Gasteiger partial charge in [0.25, 0.3) is 5.91 Å². The van der Waals surface area contributed by atoms with E-state index in [-0.39, 0.29) is 18.0 Å². The average molecular weight is 344 g/mol. The maximum Gasteiger partial charge on any atom is 0.339 e. The quantitative estimate of drug-likeness (QED) is 0.734. The molecule has 1 aliphatic heterocycles. The first-order chi connectivity index (χ1) is 12.7. The molecule has 3 aromatic rings. The number of nitrogens with zero attached hydrogens (tertiary/aromatic N) is 1. The lowest BCUT2D eigenvalue weighted by molar-refractivity contribution is 0.0252. The third-order valence-corrected chi connectivity index (χ3v) is 4.32. The second kappa shape index (κ2) is 6.80. The van der Waals surface area contributed by atoms with Crippen LogP contribution in [0.5, 0.6) is 0 Å². The number of pyridine rings is 1. The average Bonchev–Trinajstić information content (AvgIpc) is 2.69. The molecule has 128 valence electrons. The fraction of sp³-hybridized carbons (Fsp3) is 0.0952. The summed E-state index contributed by atoms with van der Waals surface area (Å²) in [5, 5.41) is 2.75. The van der Waals surface area contributed by atoms with E-state index in [1.54, 1.807) is 42.6 Å². The van der Waals surface area contributed by atoms with Crippen LogP contribution in [0.1, 0.15) is 37.9 Å². The minimum absolute atomic E-state index is 0.262. The van der Waals surface area contributed by atoms with Gasteiger partial charge in [-0.05, 0) is 41.5 Å². The number of hydrogen-bond acceptors (Lipinski definition) is 4. The molecule has 5 nitrogen and oxygen atoms in total. The molecule has 1 unspecified atom stereocenters. The van der Waals surface area contributed by atoms with Crippen LogP contribution < -0.4 is 5.32 Å². The summed E-state index contributed by atoms with van der Waals surface area (Å²) in [6.07, 6.45) is 1.81. The van der Waals surface area contributed by atoms with Crippen molar-refractivity contribution in [2.75, 3.05) is 5.32 Å². The van der Waals surface area contributed by atoms with Crippen molar-refractivity contribution in [3.05, 3.63) is 95.2 Å². The highest BCUT2D eigenvalue weighted by Crippen LogP contribution is 2.31. The molecular formula is C21H16N2O3. The highest BCUT2D eigenvalue weighted by Gasteiger charge is 2.28. The molecule has 1 amide bonds. The van der Waals surface area contributed by atoms with Gasteiger partial charge in [0.2, 0.25) is 0 Å². The summed E-state index contributed by atoms with van der Waals surface area (Å²) < 4.78 is 5.55. The molecule has 0 fully saturated rings. The van der Waals surface area contributed by atoms with Crippen molar-refractivity contribution < 1.29 is 14.3 Å². The topological polar surface area (TPSA) is 68.3 Å². The largest absolute Gasteiger partial charge is 0.454 e. The van der Waals surface area contributed by atoms with Crippen molar-refractivity contribution in [2.24, 2.45) is 0 Å². The highest BCUT2D eigenvalue weighted by molar-refractivity contribution is 6.04. The minimum atomic E-state index is -0.364. The standard InChI is InChI=1S/C21H16N2O3/c24-20(23-19-8-4-5-11-22-19)15-9-10-17-16(12-15)13-18(26-21(17)25)14-6-2-1-3-7-14/h1-12,18H,13H2,(H,22,23,24). The Morgan fingerprint density at radius 2 is 1.85 bits per heavy atom. The summed E-state index contributed by atoms with van der Waals surface area (Å²) in [5.74, 6) is -0.143. The Bertz CT molecular complexity index is 956. The molecule has 0 saturated carbocycles. The molecule has 4 rings (SSSR count). The van der Waals surface area contributed by atoms with Crippen molar-refractivity contribution in [2.45, 2.75) is 12.5 Å². The van der Waals surface area contributed by atoms with E-state index in [4.69, 9.17) is 4.74 Å². The zero-order valence-corrected chi connectivity index (χ0v) is 13.9. The SMILES string of the molecule is O=C(Nc1ccccn1)c1ccc2c(c1)CC(c1ccccc1)OC2=O. The Morgan fingerprint density at radius 1 is 1.04 bits per heavy atom. The summed E-state index contributed by atoms with van der Waals surface area (Å²) in [4.78, 5) is 28.9. The van der Waals surface area contributed by atoms with E-state index in [1.807, 2.05) is 30.3 Å². The van der Waals surface area contributed by atoms with Gasteiger partial charge in [-0.15, -0.1) is 0 Å². The van der Waals surface area contributed by atoms with Gasteiger partial charge < -0.3 is 10.1 Å². The van der Waals surface area contributed by atoms with E-state index in [2.05, 4.69) is 10.3 Å². The van der Waals surface area contributed by atoms with E-state index < -0.39 is 0 Å². The Morgan fingerprint density at radius 3 is 2.62 bits per heavy atom. The Labute approximate surface area is 150 Å². The van der Waals surface area contributed by atoms with Crippen molar-refractivity contribution in [1.82, 2.24) is 4.98 Å². The summed E-state index contributed by atoms with van der Waals surface area (Å²) in [7, 11) is 0. The molecule has 0 spiro atoms. The summed E-state index contributed by atoms with van der Waals surface area (Å²) in [6, 6.07) is 19.9. The van der Waals surface area contributed by atoms with Gasteiger partial charge in [0.1, 0.15) is 11.9 Å². The number of esters is 1. The number of carbonyl (C=O) groups is 2. The number of cyclic esters (lactones) is 1. The van der Waals surface area contributed by atoms with Crippen LogP contribution in [-0.4, -0.2) is 16.9 Å². The van der Waals surface area contributed by atoms with Crippen LogP contribution in [0, 0.1) is 0 Å². The number of aromatic nitrogens is 1. The lowest BCUT2D eigenvalue weighted by Gasteiger charge is -2.25. The number of anilines is 1. The second-order valence-corrected chi connectivity index (χ2v) is 6.05. The molecule has 0 bridgehead atoms. The first-order valence-electron chi connectivity index (χ1n) is 8.32. The van der Waals surface area contributed by atoms with E-state index in [0.717, 1.165) is 11.1 Å². The maximum atomic E-state index is 12.5. The Balaban J connectivity index is 1.60. The monoisotopic (exact) mass is 344 g/mol. The van der Waals surface area contributed by atoms with Gasteiger partial charge >= 0.3 is 5.97 Å². The predicted octanol–water partition coefficient (Wildman–Crippen LogP) is 3.79. The third kappa shape index (κ3) is 3.19. The van der Waals surface area contributed by atoms with Gasteiger partial charge in [0.15, 0.2) is 0 Å². The molecular weight excluding hydrogens is 328 g/mol. The first kappa shape index (κ1) is 16.0. The summed E-state index contributed by atoms with van der Waals surface area (Å²) in [6.45, 7) is 0. The predicted molar refractivity (Wildman–Crippen MR) is 96.9 cm³/mol. The van der Waals surface area contributed by atoms with Crippen LogP contribution in [0.2, 0.25) is 0 Å². The van der Waals surface area contributed by atoms with Crippen LogP contribution in [0.15, 0.2) is 72.9 Å². The maximum absolute atomic E-state index is 12.5. The van der Waals surface area contributed by atoms with Crippen molar-refractivity contribution in [1.29, 1.82) is 0 Å². The molecule has 1 aliphatic rings. The molecule has 5 heteroatoms. The molecule has 0 saturated heterocycles. The number of nitrogens with one attached hydrogen (secondary N) is 1. The highest BCUT2D eigenvalue weighted by atomic mass is 16.5. The van der Waals surface area contributed by atoms with Gasteiger partial charge in [-0.3, -0.25) is 4.79 Å². The van der Waals surface area contributed by atoms with Crippen molar-refractivity contribution in [3.63, 3.8) is 0 Å². The van der Waals surface area contributed by atoms with Crippen LogP contribution in [0.4, 0.5) is 5.82 Å². The molecule has 2 heterocycles. The number of rotatable bonds is 3. The van der Waals surface area contributed by atoms with Crippen molar-refractivity contribution >= 4 is 17.7 Å². The normalized spacial score (nSPS) is 15.7. The second-order valence-electron chi connectivity index (χ2n) is 6.05. The Kier molecular flexibility index (Phi) is 4.19. The van der Waals surface area contributed by atoms with E-state index >= 15 is 0 Å².